The lowest BCUT2D eigenvalue weighted by Crippen LogP contribution is -2.42. The molecule has 0 aromatic carbocycles. The van der Waals surface area contributed by atoms with E-state index in [1.165, 1.54) is 23.6 Å². The van der Waals surface area contributed by atoms with E-state index >= 15 is 0 Å². The molecule has 0 unspecified atom stereocenters. The molecule has 3 atom stereocenters. The largest absolute Gasteiger partial charge is 0.464 e. The molecule has 226 valence electrons. The highest BCUT2D eigenvalue weighted by Crippen LogP contribution is 2.22. The molecule has 2 amide bonds. The molecular formula is C26H47N2O10P. The lowest BCUT2D eigenvalue weighted by molar-refractivity contribution is -0.143. The van der Waals surface area contributed by atoms with Gasteiger partial charge in [-0.15, -0.1) is 8.58 Å². The molecule has 2 heterocycles. The van der Waals surface area contributed by atoms with Crippen molar-refractivity contribution >= 4 is 38.5 Å². The van der Waals surface area contributed by atoms with Gasteiger partial charge >= 0.3 is 24.1 Å². The number of Topliss-reactive ketones (excluding diaryl/α,β-unsaturated/α-hetero) is 1. The Kier molecular flexibility index (Phi) is 15.6. The average molecular weight is 579 g/mol. The van der Waals surface area contributed by atoms with Crippen LogP contribution in [0.15, 0.2) is 0 Å². The normalized spacial score (nSPS) is 20.7. The van der Waals surface area contributed by atoms with E-state index in [9.17, 15) is 29.1 Å². The monoisotopic (exact) mass is 578 g/mol. The number of esters is 2. The lowest BCUT2D eigenvalue weighted by Gasteiger charge is -2.28. The van der Waals surface area contributed by atoms with E-state index in [4.69, 9.17) is 18.9 Å². The molecule has 1 N–H and O–H groups in total. The molecule has 0 aromatic heterocycles. The van der Waals surface area contributed by atoms with Crippen LogP contribution in [0.2, 0.25) is 0 Å². The van der Waals surface area contributed by atoms with Gasteiger partial charge in [0.05, 0.1) is 31.3 Å². The average Bonchev–Trinajstić information content (AvgIpc) is 3.31. The number of carbonyl (C=O) groups is 5. The van der Waals surface area contributed by atoms with Crippen molar-refractivity contribution in [2.24, 2.45) is 0 Å². The minimum Gasteiger partial charge on any atom is -0.464 e. The number of ether oxygens (including phenoxy) is 4. The number of rotatable bonds is 4. The second kappa shape index (κ2) is 16.6. The van der Waals surface area contributed by atoms with Gasteiger partial charge in [-0.2, -0.15) is 0 Å². The summed E-state index contributed by atoms with van der Waals surface area (Å²) in [7, 11) is 1.08. The number of β-amino-alcohol motifs (C(OH)–C–C–N with tert-alkyl or cyclic N) is 1. The molecular weight excluding hydrogens is 531 g/mol. The predicted octanol–water partition coefficient (Wildman–Crippen LogP) is 2.97. The summed E-state index contributed by atoms with van der Waals surface area (Å²) in [5.41, 5.74) is -1.20. The summed E-state index contributed by atoms with van der Waals surface area (Å²) in [6, 6.07) is -0.741. The molecule has 12 nitrogen and oxygen atoms in total. The van der Waals surface area contributed by atoms with Crippen LogP contribution < -0.4 is 0 Å². The number of aliphatic hydroxyl groups excluding tert-OH is 1. The number of amides is 2. The van der Waals surface area contributed by atoms with E-state index in [-0.39, 0.29) is 44.5 Å². The standard InChI is InChI=1S/C12H21NO5.C12H19NO5.C2H7P/c2*1-8(14)17-7-9-5-10(15)6-13(9)11(16)18-12(2,3)4;1-3-2/h9-10,15H,5-7H2,1-4H3;9H,5-7H2,1-4H3;3H,1-2H3/t9-,10+;9-;/m00./s1. The first-order valence-corrected chi connectivity index (χ1v) is 14.8. The fraction of sp³-hybridized carbons (Fsp3) is 0.808. The second-order valence-electron chi connectivity index (χ2n) is 11.3. The van der Waals surface area contributed by atoms with Crippen molar-refractivity contribution in [3.05, 3.63) is 0 Å². The zero-order chi connectivity index (χ0) is 30.6. The van der Waals surface area contributed by atoms with E-state index < -0.39 is 47.5 Å². The van der Waals surface area contributed by atoms with Crippen molar-refractivity contribution < 1.29 is 48.0 Å². The lowest BCUT2D eigenvalue weighted by atomic mass is 10.2. The number of nitrogens with zero attached hydrogens (tertiary/aromatic N) is 2. The molecule has 0 bridgehead atoms. The minimum absolute atomic E-state index is 0.0147. The maximum absolute atomic E-state index is 11.9. The Bertz CT molecular complexity index is 838. The van der Waals surface area contributed by atoms with Gasteiger partial charge in [-0.25, -0.2) is 9.59 Å². The van der Waals surface area contributed by atoms with Crippen LogP contribution in [-0.2, 0) is 33.3 Å². The Hall–Kier alpha value is -2.46. The molecule has 0 saturated carbocycles. The summed E-state index contributed by atoms with van der Waals surface area (Å²) in [6.45, 7) is 17.8. The van der Waals surface area contributed by atoms with Crippen LogP contribution in [0.3, 0.4) is 0 Å². The van der Waals surface area contributed by atoms with Crippen molar-refractivity contribution in [3.8, 4) is 0 Å². The number of ketones is 1. The third-order valence-electron chi connectivity index (χ3n) is 4.86. The van der Waals surface area contributed by atoms with Crippen LogP contribution in [0.5, 0.6) is 0 Å². The Labute approximate surface area is 233 Å². The van der Waals surface area contributed by atoms with Crippen LogP contribution >= 0.6 is 8.58 Å². The maximum atomic E-state index is 11.9. The van der Waals surface area contributed by atoms with Crippen LogP contribution in [0.4, 0.5) is 9.59 Å². The second-order valence-corrected chi connectivity index (χ2v) is 12.3. The minimum atomic E-state index is -0.616. The van der Waals surface area contributed by atoms with E-state index in [0.717, 1.165) is 8.58 Å². The number of likely N-dealkylation sites (tertiary alicyclic amines) is 2. The molecule has 0 spiro atoms. The number of hydrogen-bond acceptors (Lipinski definition) is 10. The van der Waals surface area contributed by atoms with Crippen LogP contribution in [-0.4, -0.2) is 114 Å². The van der Waals surface area contributed by atoms with E-state index in [2.05, 4.69) is 13.3 Å². The van der Waals surface area contributed by atoms with Crippen LogP contribution in [0, 0.1) is 0 Å². The van der Waals surface area contributed by atoms with Crippen molar-refractivity contribution in [2.75, 3.05) is 39.6 Å². The third kappa shape index (κ3) is 16.3. The Balaban J connectivity index is 0.000000673. The number of carbonyl (C=O) groups excluding carboxylic acids is 5. The highest BCUT2D eigenvalue weighted by Gasteiger charge is 2.38. The van der Waals surface area contributed by atoms with Gasteiger partial charge in [0.1, 0.15) is 24.4 Å². The summed E-state index contributed by atoms with van der Waals surface area (Å²) in [6.07, 6.45) is -1.04. The van der Waals surface area contributed by atoms with Gasteiger partial charge in [0.25, 0.3) is 0 Å². The molecule has 2 saturated heterocycles. The predicted molar refractivity (Wildman–Crippen MR) is 147 cm³/mol. The molecule has 2 aliphatic heterocycles. The molecule has 0 aliphatic carbocycles. The molecule has 0 radical (unpaired) electrons. The summed E-state index contributed by atoms with van der Waals surface area (Å²) >= 11 is 0. The highest BCUT2D eigenvalue weighted by atomic mass is 31.1. The van der Waals surface area contributed by atoms with Gasteiger partial charge in [-0.3, -0.25) is 24.2 Å². The van der Waals surface area contributed by atoms with E-state index in [0.29, 0.717) is 6.42 Å². The topological polar surface area (TPSA) is 149 Å². The Morgan fingerprint density at radius 2 is 1.26 bits per heavy atom. The summed E-state index contributed by atoms with van der Waals surface area (Å²) in [4.78, 5) is 59.4. The van der Waals surface area contributed by atoms with Gasteiger partial charge in [0.15, 0.2) is 5.78 Å². The Morgan fingerprint density at radius 1 is 0.846 bits per heavy atom. The smallest absolute Gasteiger partial charge is 0.411 e. The molecule has 2 rings (SSSR count). The molecule has 0 aromatic rings. The van der Waals surface area contributed by atoms with Crippen LogP contribution in [0.1, 0.15) is 68.2 Å². The molecule has 39 heavy (non-hydrogen) atoms. The Morgan fingerprint density at radius 3 is 1.67 bits per heavy atom. The summed E-state index contributed by atoms with van der Waals surface area (Å²) in [5, 5.41) is 9.59. The van der Waals surface area contributed by atoms with Crippen molar-refractivity contribution in [3.63, 3.8) is 0 Å². The first kappa shape index (κ1) is 36.5. The SMILES string of the molecule is CC(=O)OC[C@@H]1CC(=O)CN1C(=O)OC(C)(C)C.CC(=O)OC[C@@H]1C[C@@H](O)CN1C(=O)OC(C)(C)C.CPC. The zero-order valence-electron chi connectivity index (χ0n) is 25.0. The van der Waals surface area contributed by atoms with E-state index in [1.807, 2.05) is 0 Å². The van der Waals surface area contributed by atoms with Gasteiger partial charge in [0, 0.05) is 20.3 Å². The fourth-order valence-electron chi connectivity index (χ4n) is 3.46. The first-order chi connectivity index (χ1) is 17.8. The summed E-state index contributed by atoms with van der Waals surface area (Å²) < 4.78 is 20.2. The highest BCUT2D eigenvalue weighted by molar-refractivity contribution is 7.35. The number of hydrogen-bond donors (Lipinski definition) is 1. The van der Waals surface area contributed by atoms with Gasteiger partial charge in [0.2, 0.25) is 0 Å². The fourth-order valence-corrected chi connectivity index (χ4v) is 3.46. The number of aliphatic hydroxyl groups is 1. The van der Waals surface area contributed by atoms with Crippen molar-refractivity contribution in [1.29, 1.82) is 0 Å². The third-order valence-corrected chi connectivity index (χ3v) is 4.86. The zero-order valence-corrected chi connectivity index (χ0v) is 26.0. The van der Waals surface area contributed by atoms with Crippen molar-refractivity contribution in [1.82, 2.24) is 9.80 Å². The summed E-state index contributed by atoms with van der Waals surface area (Å²) in [5.74, 6) is -0.892. The van der Waals surface area contributed by atoms with Gasteiger partial charge < -0.3 is 24.1 Å². The van der Waals surface area contributed by atoms with E-state index in [1.54, 1.807) is 41.5 Å². The van der Waals surface area contributed by atoms with Crippen molar-refractivity contribution in [2.45, 2.75) is 97.6 Å². The molecule has 2 fully saturated rings. The van der Waals surface area contributed by atoms with Crippen LogP contribution in [0.25, 0.3) is 0 Å². The van der Waals surface area contributed by atoms with Gasteiger partial charge in [-0.05, 0) is 61.3 Å². The maximum Gasteiger partial charge on any atom is 0.411 e. The van der Waals surface area contributed by atoms with Gasteiger partial charge in [-0.1, -0.05) is 0 Å². The first-order valence-electron chi connectivity index (χ1n) is 12.8. The quantitative estimate of drug-likeness (QED) is 0.300. The molecule has 2 aliphatic rings. The molecule has 13 heteroatoms.